The van der Waals surface area contributed by atoms with Crippen LogP contribution in [0.1, 0.15) is 20.8 Å². The van der Waals surface area contributed by atoms with Gasteiger partial charge in [0.2, 0.25) is 5.91 Å². The second-order valence-corrected chi connectivity index (χ2v) is 8.49. The molecule has 0 radical (unpaired) electrons. The van der Waals surface area contributed by atoms with Gasteiger partial charge in [0.15, 0.2) is 0 Å². The molecule has 4 rings (SSSR count). The topological polar surface area (TPSA) is 102 Å². The molecule has 0 aliphatic heterocycles. The van der Waals surface area contributed by atoms with E-state index in [0.717, 1.165) is 16.9 Å². The summed E-state index contributed by atoms with van der Waals surface area (Å²) in [6.45, 7) is 3.45. The summed E-state index contributed by atoms with van der Waals surface area (Å²) in [6, 6.07) is 14.5. The molecule has 0 aliphatic rings. The summed E-state index contributed by atoms with van der Waals surface area (Å²) in [5.41, 5.74) is 2.35. The zero-order valence-corrected chi connectivity index (χ0v) is 19.2. The molecule has 0 aliphatic carbocycles. The van der Waals surface area contributed by atoms with Crippen LogP contribution in [0.4, 0.5) is 11.4 Å². The number of amides is 2. The molecule has 9 heteroatoms. The first kappa shape index (κ1) is 22.2. The van der Waals surface area contributed by atoms with E-state index in [0.29, 0.717) is 37.8 Å². The van der Waals surface area contributed by atoms with Crippen molar-refractivity contribution in [2.75, 3.05) is 17.7 Å². The molecule has 0 bridgehead atoms. The van der Waals surface area contributed by atoms with E-state index in [4.69, 9.17) is 4.74 Å². The maximum atomic E-state index is 13.1. The van der Waals surface area contributed by atoms with Crippen molar-refractivity contribution in [3.63, 3.8) is 0 Å². The number of aromatic nitrogens is 2. The summed E-state index contributed by atoms with van der Waals surface area (Å²) >= 11 is 1.13. The van der Waals surface area contributed by atoms with E-state index < -0.39 is 0 Å². The van der Waals surface area contributed by atoms with E-state index in [2.05, 4.69) is 15.6 Å². The number of fused-ring (bicyclic) bond motifs is 1. The third-order valence-corrected chi connectivity index (χ3v) is 6.29. The van der Waals surface area contributed by atoms with E-state index in [1.165, 1.54) is 18.0 Å². The first-order valence-electron chi connectivity index (χ1n) is 10.2. The highest BCUT2D eigenvalue weighted by molar-refractivity contribution is 7.20. The maximum Gasteiger partial charge on any atom is 0.266 e. The molecule has 0 unspecified atom stereocenters. The number of ether oxygens (including phenoxy) is 1. The Bertz CT molecular complexity index is 1420. The number of thiophene rings is 1. The summed E-state index contributed by atoms with van der Waals surface area (Å²) < 4.78 is 6.52. The van der Waals surface area contributed by atoms with E-state index in [1.54, 1.807) is 37.3 Å². The molecule has 2 N–H and O–H groups in total. The molecule has 2 heterocycles. The smallest absolute Gasteiger partial charge is 0.266 e. The molecule has 2 aromatic carbocycles. The van der Waals surface area contributed by atoms with Gasteiger partial charge < -0.3 is 15.4 Å². The van der Waals surface area contributed by atoms with E-state index in [-0.39, 0.29) is 23.9 Å². The van der Waals surface area contributed by atoms with Crippen molar-refractivity contribution < 1.29 is 14.3 Å². The fourth-order valence-corrected chi connectivity index (χ4v) is 4.53. The standard InChI is InChI=1S/C24H22N4O4S/c1-14-7-6-8-16(11-14)26-19(29)12-28-13-25-23-20(24(28)31)15(2)21(33-23)22(30)27-17-9-4-5-10-18(17)32-3/h4-11,13H,12H2,1-3H3,(H,26,29)(H,27,30). The minimum absolute atomic E-state index is 0.187. The van der Waals surface area contributed by atoms with Gasteiger partial charge in [-0.1, -0.05) is 24.3 Å². The van der Waals surface area contributed by atoms with Gasteiger partial charge in [-0.2, -0.15) is 0 Å². The third-order valence-electron chi connectivity index (χ3n) is 5.09. The highest BCUT2D eigenvalue weighted by atomic mass is 32.1. The molecule has 0 spiro atoms. The van der Waals surface area contributed by atoms with Crippen molar-refractivity contribution in [2.45, 2.75) is 20.4 Å². The van der Waals surface area contributed by atoms with Crippen LogP contribution < -0.4 is 20.9 Å². The van der Waals surface area contributed by atoms with Gasteiger partial charge in [-0.15, -0.1) is 11.3 Å². The van der Waals surface area contributed by atoms with Gasteiger partial charge >= 0.3 is 0 Å². The molecule has 168 valence electrons. The normalized spacial score (nSPS) is 10.8. The molecule has 4 aromatic rings. The first-order chi connectivity index (χ1) is 15.9. The van der Waals surface area contributed by atoms with Crippen LogP contribution in [0.3, 0.4) is 0 Å². The first-order valence-corrected chi connectivity index (χ1v) is 11.0. The lowest BCUT2D eigenvalue weighted by atomic mass is 10.2. The van der Waals surface area contributed by atoms with Crippen molar-refractivity contribution in [3.8, 4) is 5.75 Å². The lowest BCUT2D eigenvalue weighted by Gasteiger charge is -2.09. The number of para-hydroxylation sites is 2. The van der Waals surface area contributed by atoms with Crippen LogP contribution in [0.25, 0.3) is 10.2 Å². The maximum absolute atomic E-state index is 13.1. The summed E-state index contributed by atoms with van der Waals surface area (Å²) in [5.74, 6) is -0.168. The highest BCUT2D eigenvalue weighted by Crippen LogP contribution is 2.29. The van der Waals surface area contributed by atoms with Crippen LogP contribution in [0.5, 0.6) is 5.75 Å². The predicted octanol–water partition coefficient (Wildman–Crippen LogP) is 3.97. The van der Waals surface area contributed by atoms with Gasteiger partial charge in [-0.05, 0) is 49.2 Å². The average molecular weight is 463 g/mol. The lowest BCUT2D eigenvalue weighted by molar-refractivity contribution is -0.116. The average Bonchev–Trinajstić information content (AvgIpc) is 3.13. The number of hydrogen-bond donors (Lipinski definition) is 2. The number of methoxy groups -OCH3 is 1. The molecule has 2 aromatic heterocycles. The zero-order chi connectivity index (χ0) is 23.5. The lowest BCUT2D eigenvalue weighted by Crippen LogP contribution is -2.28. The molecule has 0 atom stereocenters. The van der Waals surface area contributed by atoms with Gasteiger partial charge in [0.05, 0.1) is 29.4 Å². The Kier molecular flexibility index (Phi) is 6.23. The second-order valence-electron chi connectivity index (χ2n) is 7.49. The van der Waals surface area contributed by atoms with Crippen molar-refractivity contribution in [2.24, 2.45) is 0 Å². The monoisotopic (exact) mass is 462 g/mol. The molecule has 33 heavy (non-hydrogen) atoms. The van der Waals surface area contributed by atoms with Crippen molar-refractivity contribution >= 4 is 44.7 Å². The van der Waals surface area contributed by atoms with Crippen LogP contribution in [-0.4, -0.2) is 28.5 Å². The minimum atomic E-state index is -0.371. The van der Waals surface area contributed by atoms with Gasteiger partial charge in [-0.3, -0.25) is 19.0 Å². The van der Waals surface area contributed by atoms with Gasteiger partial charge in [-0.25, -0.2) is 4.98 Å². The Labute approximate surface area is 193 Å². The summed E-state index contributed by atoms with van der Waals surface area (Å²) in [7, 11) is 1.52. The van der Waals surface area contributed by atoms with E-state index in [9.17, 15) is 14.4 Å². The Morgan fingerprint density at radius 1 is 1.09 bits per heavy atom. The van der Waals surface area contributed by atoms with Crippen molar-refractivity contribution in [3.05, 3.63) is 81.2 Å². The number of benzene rings is 2. The van der Waals surface area contributed by atoms with Gasteiger partial charge in [0.1, 0.15) is 17.1 Å². The Hall–Kier alpha value is -3.98. The molecule has 0 saturated heterocycles. The van der Waals surface area contributed by atoms with E-state index in [1.807, 2.05) is 25.1 Å². The van der Waals surface area contributed by atoms with Crippen LogP contribution in [0, 0.1) is 13.8 Å². The number of aryl methyl sites for hydroxylation is 2. The SMILES string of the molecule is COc1ccccc1NC(=O)c1sc2ncn(CC(=O)Nc3cccc(C)c3)c(=O)c2c1C. The number of rotatable bonds is 6. The number of carbonyl (C=O) groups is 2. The van der Waals surface area contributed by atoms with Crippen molar-refractivity contribution in [1.82, 2.24) is 9.55 Å². The largest absolute Gasteiger partial charge is 0.495 e. The van der Waals surface area contributed by atoms with E-state index >= 15 is 0 Å². The molecule has 0 saturated carbocycles. The fourth-order valence-electron chi connectivity index (χ4n) is 3.49. The quantitative estimate of drug-likeness (QED) is 0.451. The molecular formula is C24H22N4O4S. The minimum Gasteiger partial charge on any atom is -0.495 e. The van der Waals surface area contributed by atoms with Crippen LogP contribution >= 0.6 is 11.3 Å². The molecule has 0 fully saturated rings. The second kappa shape index (κ2) is 9.25. The molecular weight excluding hydrogens is 440 g/mol. The Morgan fingerprint density at radius 2 is 1.88 bits per heavy atom. The summed E-state index contributed by atoms with van der Waals surface area (Å²) in [6.07, 6.45) is 1.33. The number of nitrogens with one attached hydrogen (secondary N) is 2. The zero-order valence-electron chi connectivity index (χ0n) is 18.3. The Morgan fingerprint density at radius 3 is 2.64 bits per heavy atom. The fraction of sp³-hybridized carbons (Fsp3) is 0.167. The number of anilines is 2. The van der Waals surface area contributed by atoms with Gasteiger partial charge in [0, 0.05) is 5.69 Å². The molecule has 8 nitrogen and oxygen atoms in total. The van der Waals surface area contributed by atoms with Crippen LogP contribution in [0.2, 0.25) is 0 Å². The van der Waals surface area contributed by atoms with Crippen LogP contribution in [0.15, 0.2) is 59.7 Å². The molecule has 2 amide bonds. The number of nitrogens with zero attached hydrogens (tertiary/aromatic N) is 2. The van der Waals surface area contributed by atoms with Crippen molar-refractivity contribution in [1.29, 1.82) is 0 Å². The third kappa shape index (κ3) is 4.63. The van der Waals surface area contributed by atoms with Gasteiger partial charge in [0.25, 0.3) is 11.5 Å². The Balaban J connectivity index is 1.59. The summed E-state index contributed by atoms with van der Waals surface area (Å²) in [5, 5.41) is 5.94. The predicted molar refractivity (Wildman–Crippen MR) is 129 cm³/mol. The van der Waals surface area contributed by atoms with Crippen LogP contribution in [-0.2, 0) is 11.3 Å². The highest BCUT2D eigenvalue weighted by Gasteiger charge is 2.21. The number of hydrogen-bond acceptors (Lipinski definition) is 6. The summed E-state index contributed by atoms with van der Waals surface area (Å²) in [4.78, 5) is 43.6. The number of carbonyl (C=O) groups excluding carboxylic acids is 2.